The maximum Gasteiger partial charge on any atom is 0.254 e. The van der Waals surface area contributed by atoms with Crippen LogP contribution in [0.25, 0.3) is 33.5 Å². The van der Waals surface area contributed by atoms with Crippen molar-refractivity contribution in [2.75, 3.05) is 5.32 Å². The Bertz CT molecular complexity index is 1260. The number of aromatic nitrogens is 4. The van der Waals surface area contributed by atoms with Crippen molar-refractivity contribution in [2.24, 2.45) is 5.92 Å². The highest BCUT2D eigenvalue weighted by molar-refractivity contribution is 7.19. The summed E-state index contributed by atoms with van der Waals surface area (Å²) >= 11 is 1.39. The number of fused-ring (bicyclic) bond motifs is 1. The summed E-state index contributed by atoms with van der Waals surface area (Å²) in [6.07, 6.45) is 5.00. The molecule has 1 amide bonds. The number of amides is 1. The molecule has 0 saturated carbocycles. The molecule has 0 saturated heterocycles. The minimum absolute atomic E-state index is 0.231. The van der Waals surface area contributed by atoms with Gasteiger partial charge in [0.15, 0.2) is 5.13 Å². The summed E-state index contributed by atoms with van der Waals surface area (Å²) in [5, 5.41) is 21.8. The highest BCUT2D eigenvalue weighted by Gasteiger charge is 2.19. The minimum Gasteiger partial charge on any atom is -0.383 e. The molecule has 0 radical (unpaired) electrons. The average molecular weight is 448 g/mol. The molecule has 1 atom stereocenters. The Hall–Kier alpha value is -3.36. The molecular weight excluding hydrogens is 422 g/mol. The number of pyridine rings is 1. The zero-order chi connectivity index (χ0) is 22.7. The number of hydrogen-bond acceptors (Lipinski definition) is 6. The van der Waals surface area contributed by atoms with Crippen molar-refractivity contribution in [1.82, 2.24) is 20.2 Å². The number of aliphatic hydroxyl groups excluding tert-OH is 1. The fraction of sp³-hybridized carbons (Fsp3) is 0.250. The smallest absolute Gasteiger partial charge is 0.254 e. The maximum absolute atomic E-state index is 12.2. The van der Waals surface area contributed by atoms with E-state index in [-0.39, 0.29) is 5.92 Å². The molecule has 0 aliphatic carbocycles. The van der Waals surface area contributed by atoms with Crippen LogP contribution in [0.15, 0.2) is 42.6 Å². The van der Waals surface area contributed by atoms with E-state index in [0.29, 0.717) is 11.6 Å². The van der Waals surface area contributed by atoms with Crippen molar-refractivity contribution in [3.63, 3.8) is 0 Å². The molecule has 1 aromatic carbocycles. The van der Waals surface area contributed by atoms with Gasteiger partial charge in [-0.25, -0.2) is 4.98 Å². The number of carbonyl (C=O) groups excluding carboxylic acids is 1. The van der Waals surface area contributed by atoms with Crippen LogP contribution in [-0.2, 0) is 4.79 Å². The summed E-state index contributed by atoms with van der Waals surface area (Å²) in [7, 11) is 0. The summed E-state index contributed by atoms with van der Waals surface area (Å²) < 4.78 is 0. The third-order valence-electron chi connectivity index (χ3n) is 4.98. The first-order chi connectivity index (χ1) is 15.4. The topological polar surface area (TPSA) is 104 Å². The maximum atomic E-state index is 12.2. The van der Waals surface area contributed by atoms with Gasteiger partial charge in [0.05, 0.1) is 27.5 Å². The Labute approximate surface area is 190 Å². The van der Waals surface area contributed by atoms with Crippen molar-refractivity contribution in [2.45, 2.75) is 33.3 Å². The van der Waals surface area contributed by atoms with Crippen molar-refractivity contribution in [1.29, 1.82) is 0 Å². The van der Waals surface area contributed by atoms with Gasteiger partial charge in [0.1, 0.15) is 6.10 Å². The van der Waals surface area contributed by atoms with Gasteiger partial charge in [0.2, 0.25) is 0 Å². The molecule has 0 bridgehead atoms. The number of aryl methyl sites for hydroxylation is 1. The van der Waals surface area contributed by atoms with Crippen LogP contribution in [0.5, 0.6) is 0 Å². The molecule has 164 valence electrons. The van der Waals surface area contributed by atoms with Gasteiger partial charge < -0.3 is 5.11 Å². The first-order valence-corrected chi connectivity index (χ1v) is 11.3. The normalized spacial score (nSPS) is 12.7. The highest BCUT2D eigenvalue weighted by Crippen LogP contribution is 2.34. The fourth-order valence-corrected chi connectivity index (χ4v) is 4.37. The molecule has 3 N–H and O–H groups in total. The predicted molar refractivity (Wildman–Crippen MR) is 129 cm³/mol. The highest BCUT2D eigenvalue weighted by atomic mass is 32.1. The summed E-state index contributed by atoms with van der Waals surface area (Å²) in [5.41, 5.74) is 4.42. The summed E-state index contributed by atoms with van der Waals surface area (Å²) in [6, 6.07) is 11.8. The van der Waals surface area contributed by atoms with Crippen LogP contribution >= 0.6 is 11.3 Å². The number of H-pyrrole nitrogens is 1. The third kappa shape index (κ3) is 4.92. The monoisotopic (exact) mass is 447 g/mol. The standard InChI is InChI=1S/C24H25N5O2S/c1-14(2)12-21(30)23(31)27-24-26-15(3)22(32-24)16-7-9-18-19(28-29-20(18)13-16)10-8-17-6-4-5-11-25-17/h4-11,13-14,21,30H,12H2,1-3H3,(H,28,29)(H,26,27,31)/b10-8+. The van der Waals surface area contributed by atoms with Gasteiger partial charge in [-0.2, -0.15) is 5.10 Å². The van der Waals surface area contributed by atoms with E-state index in [1.807, 2.05) is 69.3 Å². The summed E-state index contributed by atoms with van der Waals surface area (Å²) in [6.45, 7) is 5.84. The first kappa shape index (κ1) is 21.9. The Morgan fingerprint density at radius 3 is 2.84 bits per heavy atom. The van der Waals surface area contributed by atoms with Crippen LogP contribution in [0.1, 0.15) is 37.4 Å². The zero-order valence-electron chi connectivity index (χ0n) is 18.2. The lowest BCUT2D eigenvalue weighted by molar-refractivity contribution is -0.124. The molecule has 0 spiro atoms. The Balaban J connectivity index is 1.54. The number of anilines is 1. The van der Waals surface area contributed by atoms with E-state index in [0.717, 1.165) is 38.4 Å². The van der Waals surface area contributed by atoms with Gasteiger partial charge in [-0.3, -0.25) is 20.2 Å². The van der Waals surface area contributed by atoms with Crippen LogP contribution in [-0.4, -0.2) is 37.3 Å². The van der Waals surface area contributed by atoms with Gasteiger partial charge in [0, 0.05) is 11.6 Å². The molecule has 0 fully saturated rings. The third-order valence-corrected chi connectivity index (χ3v) is 6.10. The fourth-order valence-electron chi connectivity index (χ4n) is 3.41. The Kier molecular flexibility index (Phi) is 6.43. The zero-order valence-corrected chi connectivity index (χ0v) is 19.0. The molecular formula is C24H25N5O2S. The number of rotatable bonds is 7. The van der Waals surface area contributed by atoms with E-state index < -0.39 is 12.0 Å². The van der Waals surface area contributed by atoms with Crippen molar-refractivity contribution >= 4 is 45.4 Å². The van der Waals surface area contributed by atoms with Gasteiger partial charge in [-0.15, -0.1) is 0 Å². The number of nitrogens with zero attached hydrogens (tertiary/aromatic N) is 3. The van der Waals surface area contributed by atoms with E-state index in [2.05, 4.69) is 25.5 Å². The lowest BCUT2D eigenvalue weighted by atomic mass is 10.1. The lowest BCUT2D eigenvalue weighted by Crippen LogP contribution is -2.28. The van der Waals surface area contributed by atoms with Gasteiger partial charge >= 0.3 is 0 Å². The van der Waals surface area contributed by atoms with E-state index in [1.54, 1.807) is 6.20 Å². The van der Waals surface area contributed by atoms with Crippen LogP contribution in [0.3, 0.4) is 0 Å². The second-order valence-corrected chi connectivity index (χ2v) is 9.02. The molecule has 3 heterocycles. The molecule has 0 aliphatic heterocycles. The largest absolute Gasteiger partial charge is 0.383 e. The van der Waals surface area contributed by atoms with Gasteiger partial charge in [-0.1, -0.05) is 37.3 Å². The second kappa shape index (κ2) is 9.42. The van der Waals surface area contributed by atoms with E-state index in [9.17, 15) is 9.90 Å². The van der Waals surface area contributed by atoms with Crippen LogP contribution in [0, 0.1) is 12.8 Å². The predicted octanol–water partition coefficient (Wildman–Crippen LogP) is 4.91. The molecule has 3 aromatic heterocycles. The molecule has 4 rings (SSSR count). The number of aromatic amines is 1. The molecule has 1 unspecified atom stereocenters. The molecule has 8 heteroatoms. The number of thiazole rings is 1. The molecule has 32 heavy (non-hydrogen) atoms. The number of hydrogen-bond donors (Lipinski definition) is 3. The average Bonchev–Trinajstić information content (AvgIpc) is 3.34. The summed E-state index contributed by atoms with van der Waals surface area (Å²) in [5.74, 6) is -0.193. The van der Waals surface area contributed by atoms with Crippen molar-refractivity contribution < 1.29 is 9.90 Å². The van der Waals surface area contributed by atoms with Crippen molar-refractivity contribution in [3.05, 3.63) is 59.7 Å². The lowest BCUT2D eigenvalue weighted by Gasteiger charge is -2.11. The number of carbonyl (C=O) groups is 1. The number of aliphatic hydroxyl groups is 1. The molecule has 7 nitrogen and oxygen atoms in total. The Morgan fingerprint density at radius 1 is 1.25 bits per heavy atom. The first-order valence-electron chi connectivity index (χ1n) is 10.4. The SMILES string of the molecule is Cc1nc(NC(=O)C(O)CC(C)C)sc1-c1ccc2c(/C=C/c3ccccn3)n[nH]c2c1. The van der Waals surface area contributed by atoms with Crippen LogP contribution in [0.4, 0.5) is 5.13 Å². The molecule has 0 aliphatic rings. The van der Waals surface area contributed by atoms with Crippen LogP contribution < -0.4 is 5.32 Å². The van der Waals surface area contributed by atoms with E-state index >= 15 is 0 Å². The minimum atomic E-state index is -1.04. The summed E-state index contributed by atoms with van der Waals surface area (Å²) in [4.78, 5) is 21.9. The Morgan fingerprint density at radius 2 is 2.09 bits per heavy atom. The quantitative estimate of drug-likeness (QED) is 0.374. The van der Waals surface area contributed by atoms with Crippen LogP contribution in [0.2, 0.25) is 0 Å². The number of nitrogens with one attached hydrogen (secondary N) is 2. The van der Waals surface area contributed by atoms with E-state index in [1.165, 1.54) is 11.3 Å². The number of benzene rings is 1. The van der Waals surface area contributed by atoms with E-state index in [4.69, 9.17) is 0 Å². The van der Waals surface area contributed by atoms with Gasteiger partial charge in [-0.05, 0) is 61.2 Å². The van der Waals surface area contributed by atoms with Crippen molar-refractivity contribution in [3.8, 4) is 10.4 Å². The molecule has 4 aromatic rings. The second-order valence-electron chi connectivity index (χ2n) is 8.03. The van der Waals surface area contributed by atoms with Gasteiger partial charge in [0.25, 0.3) is 5.91 Å².